The molecule has 3 aromatic rings. The molecule has 0 aliphatic carbocycles. The first kappa shape index (κ1) is 19.9. The molecule has 1 aliphatic heterocycles. The van der Waals surface area contributed by atoms with Gasteiger partial charge in [-0.3, -0.25) is 4.57 Å². The first-order valence-corrected chi connectivity index (χ1v) is 11.7. The summed E-state index contributed by atoms with van der Waals surface area (Å²) in [5.74, 6) is 1.52. The average Bonchev–Trinajstić information content (AvgIpc) is 3.10. The Labute approximate surface area is 175 Å². The molecule has 0 radical (unpaired) electrons. The van der Waals surface area contributed by atoms with Crippen molar-refractivity contribution in [2.75, 3.05) is 10.8 Å². The lowest BCUT2D eigenvalue weighted by atomic mass is 9.87. The molecule has 0 fully saturated rings. The molecule has 4 rings (SSSR count). The van der Waals surface area contributed by atoms with Gasteiger partial charge >= 0.3 is 0 Å². The van der Waals surface area contributed by atoms with Crippen LogP contribution in [0.4, 0.5) is 5.69 Å². The van der Waals surface area contributed by atoms with Crippen molar-refractivity contribution in [2.24, 2.45) is 5.14 Å². The van der Waals surface area contributed by atoms with Crippen LogP contribution in [0.2, 0.25) is 0 Å². The molecule has 0 saturated carbocycles. The maximum absolute atomic E-state index is 11.5. The van der Waals surface area contributed by atoms with Gasteiger partial charge in [-0.15, -0.1) is 10.2 Å². The maximum atomic E-state index is 11.5. The summed E-state index contributed by atoms with van der Waals surface area (Å²) >= 11 is 1.60. The SMILES string of the molecule is CC(C)(C)c1ccc(-c2nnc3n2CN(c2ccc(S(N)(=O)=O)cc2)CS3)cc1. The molecule has 2 heterocycles. The molecule has 9 heteroatoms. The lowest BCUT2D eigenvalue weighted by Gasteiger charge is -2.30. The number of anilines is 1. The number of sulfonamides is 1. The zero-order valence-electron chi connectivity index (χ0n) is 16.5. The molecule has 2 N–H and O–H groups in total. The number of primary sulfonamides is 1. The van der Waals surface area contributed by atoms with Crippen molar-refractivity contribution in [3.05, 3.63) is 54.1 Å². The summed E-state index contributed by atoms with van der Waals surface area (Å²) in [4.78, 5) is 2.25. The quantitative estimate of drug-likeness (QED) is 0.686. The number of rotatable bonds is 3. The van der Waals surface area contributed by atoms with Crippen molar-refractivity contribution in [1.29, 1.82) is 0 Å². The highest BCUT2D eigenvalue weighted by Gasteiger charge is 2.23. The average molecular weight is 430 g/mol. The molecule has 2 aromatic carbocycles. The second-order valence-electron chi connectivity index (χ2n) is 8.06. The predicted molar refractivity (Wildman–Crippen MR) is 115 cm³/mol. The smallest absolute Gasteiger partial charge is 0.238 e. The molecule has 152 valence electrons. The Bertz CT molecular complexity index is 1130. The fourth-order valence-electron chi connectivity index (χ4n) is 3.21. The molecule has 1 aromatic heterocycles. The topological polar surface area (TPSA) is 94.1 Å². The summed E-state index contributed by atoms with van der Waals surface area (Å²) in [6.45, 7) is 7.16. The summed E-state index contributed by atoms with van der Waals surface area (Å²) < 4.78 is 25.0. The van der Waals surface area contributed by atoms with Crippen LogP contribution in [0, 0.1) is 0 Å². The van der Waals surface area contributed by atoms with E-state index < -0.39 is 10.0 Å². The van der Waals surface area contributed by atoms with E-state index in [1.165, 1.54) is 17.7 Å². The third-order valence-electron chi connectivity index (χ3n) is 4.92. The van der Waals surface area contributed by atoms with E-state index >= 15 is 0 Å². The van der Waals surface area contributed by atoms with Crippen LogP contribution in [0.25, 0.3) is 11.4 Å². The minimum atomic E-state index is -3.70. The molecule has 0 unspecified atom stereocenters. The molecule has 0 saturated heterocycles. The van der Waals surface area contributed by atoms with Crippen LogP contribution in [-0.2, 0) is 22.1 Å². The molecular formula is C20H23N5O2S2. The van der Waals surface area contributed by atoms with Crippen LogP contribution in [-0.4, -0.2) is 29.1 Å². The fourth-order valence-corrected chi connectivity index (χ4v) is 4.62. The third kappa shape index (κ3) is 4.03. The van der Waals surface area contributed by atoms with Gasteiger partial charge in [0.15, 0.2) is 11.0 Å². The molecule has 7 nitrogen and oxygen atoms in total. The maximum Gasteiger partial charge on any atom is 0.238 e. The Balaban J connectivity index is 1.61. The van der Waals surface area contributed by atoms with E-state index in [4.69, 9.17) is 5.14 Å². The number of nitrogens with two attached hydrogens (primary N) is 1. The van der Waals surface area contributed by atoms with E-state index in [1.54, 1.807) is 23.9 Å². The van der Waals surface area contributed by atoms with E-state index in [0.717, 1.165) is 22.2 Å². The summed E-state index contributed by atoms with van der Waals surface area (Å²) in [6.07, 6.45) is 0. The largest absolute Gasteiger partial charge is 0.344 e. The monoisotopic (exact) mass is 429 g/mol. The van der Waals surface area contributed by atoms with Crippen molar-refractivity contribution < 1.29 is 8.42 Å². The second-order valence-corrected chi connectivity index (χ2v) is 10.5. The van der Waals surface area contributed by atoms with E-state index in [1.807, 2.05) is 0 Å². The van der Waals surface area contributed by atoms with Gasteiger partial charge in [0.25, 0.3) is 0 Å². The summed E-state index contributed by atoms with van der Waals surface area (Å²) in [6, 6.07) is 15.0. The van der Waals surface area contributed by atoms with Gasteiger partial charge in [-0.25, -0.2) is 13.6 Å². The zero-order valence-corrected chi connectivity index (χ0v) is 18.2. The van der Waals surface area contributed by atoms with Crippen LogP contribution in [0.5, 0.6) is 0 Å². The van der Waals surface area contributed by atoms with Crippen molar-refractivity contribution in [3.8, 4) is 11.4 Å². The summed E-state index contributed by atoms with van der Waals surface area (Å²) in [5.41, 5.74) is 3.30. The summed E-state index contributed by atoms with van der Waals surface area (Å²) in [7, 11) is -3.70. The van der Waals surface area contributed by atoms with Crippen LogP contribution in [0.3, 0.4) is 0 Å². The van der Waals surface area contributed by atoms with Gasteiger partial charge in [-0.05, 0) is 35.2 Å². The lowest BCUT2D eigenvalue weighted by Crippen LogP contribution is -2.30. The molecule has 1 aliphatic rings. The second kappa shape index (κ2) is 7.16. The third-order valence-corrected chi connectivity index (χ3v) is 6.85. The van der Waals surface area contributed by atoms with Crippen LogP contribution in [0.15, 0.2) is 58.6 Å². The van der Waals surface area contributed by atoms with Crippen LogP contribution in [0.1, 0.15) is 26.3 Å². The number of hydrogen-bond acceptors (Lipinski definition) is 6. The Morgan fingerprint density at radius 3 is 2.24 bits per heavy atom. The number of benzene rings is 2. The Morgan fingerprint density at radius 1 is 1.00 bits per heavy atom. The Hall–Kier alpha value is -2.36. The standard InChI is InChI=1S/C20H23N5O2S2/c1-20(2,3)15-6-4-14(5-7-15)18-22-23-19-25(18)12-24(13-28-19)16-8-10-17(11-9-16)29(21,26)27/h4-11H,12-13H2,1-3H3,(H2,21,26,27). The lowest BCUT2D eigenvalue weighted by molar-refractivity contribution is 0.590. The first-order valence-electron chi connectivity index (χ1n) is 9.18. The van der Waals surface area contributed by atoms with Gasteiger partial charge < -0.3 is 4.90 Å². The van der Waals surface area contributed by atoms with E-state index in [-0.39, 0.29) is 10.3 Å². The van der Waals surface area contributed by atoms with Crippen molar-refractivity contribution in [2.45, 2.75) is 42.9 Å². The fraction of sp³-hybridized carbons (Fsp3) is 0.300. The Kier molecular flexibility index (Phi) is 4.92. The van der Waals surface area contributed by atoms with Gasteiger partial charge in [-0.2, -0.15) is 0 Å². The van der Waals surface area contributed by atoms with Crippen molar-refractivity contribution in [3.63, 3.8) is 0 Å². The highest BCUT2D eigenvalue weighted by atomic mass is 32.2. The molecule has 0 atom stereocenters. The van der Waals surface area contributed by atoms with Gasteiger partial charge in [0.1, 0.15) is 0 Å². The number of nitrogens with zero attached hydrogens (tertiary/aromatic N) is 4. The van der Waals surface area contributed by atoms with E-state index in [0.29, 0.717) is 12.5 Å². The molecule has 0 amide bonds. The van der Waals surface area contributed by atoms with Gasteiger partial charge in [0.2, 0.25) is 10.0 Å². The molecule has 0 spiro atoms. The molecule has 29 heavy (non-hydrogen) atoms. The van der Waals surface area contributed by atoms with E-state index in [9.17, 15) is 8.42 Å². The van der Waals surface area contributed by atoms with Gasteiger partial charge in [0, 0.05) is 11.3 Å². The van der Waals surface area contributed by atoms with Gasteiger partial charge in [-0.1, -0.05) is 56.8 Å². The Morgan fingerprint density at radius 2 is 1.66 bits per heavy atom. The van der Waals surface area contributed by atoms with Crippen LogP contribution < -0.4 is 10.0 Å². The highest BCUT2D eigenvalue weighted by molar-refractivity contribution is 7.99. The number of fused-ring (bicyclic) bond motifs is 1. The minimum Gasteiger partial charge on any atom is -0.344 e. The zero-order chi connectivity index (χ0) is 20.8. The van der Waals surface area contributed by atoms with Crippen LogP contribution >= 0.6 is 11.8 Å². The molecular weight excluding hydrogens is 406 g/mol. The first-order chi connectivity index (χ1) is 13.6. The summed E-state index contributed by atoms with van der Waals surface area (Å²) in [5, 5.41) is 14.8. The molecule has 0 bridgehead atoms. The normalized spacial score (nSPS) is 14.7. The van der Waals surface area contributed by atoms with Crippen molar-refractivity contribution in [1.82, 2.24) is 14.8 Å². The van der Waals surface area contributed by atoms with E-state index in [2.05, 4.69) is 64.7 Å². The number of aromatic nitrogens is 3. The minimum absolute atomic E-state index is 0.0959. The van der Waals surface area contributed by atoms with Crippen molar-refractivity contribution >= 4 is 27.5 Å². The number of thioether (sulfide) groups is 1. The highest BCUT2D eigenvalue weighted by Crippen LogP contribution is 2.32. The predicted octanol–water partition coefficient (Wildman–Crippen LogP) is 3.42. The number of hydrogen-bond donors (Lipinski definition) is 1. The van der Waals surface area contributed by atoms with Gasteiger partial charge in [0.05, 0.1) is 17.4 Å².